The van der Waals surface area contributed by atoms with Gasteiger partial charge in [0.15, 0.2) is 6.29 Å². The van der Waals surface area contributed by atoms with Crippen LogP contribution < -0.4 is 0 Å². The number of esters is 1. The van der Waals surface area contributed by atoms with Gasteiger partial charge in [-0.25, -0.2) is 4.68 Å². The molecule has 6 rings (SSSR count). The van der Waals surface area contributed by atoms with Gasteiger partial charge in [0, 0.05) is 19.5 Å². The van der Waals surface area contributed by atoms with E-state index in [9.17, 15) is 9.59 Å². The summed E-state index contributed by atoms with van der Waals surface area (Å²) >= 11 is 0. The van der Waals surface area contributed by atoms with Crippen molar-refractivity contribution in [3.63, 3.8) is 0 Å². The Morgan fingerprint density at radius 2 is 1.87 bits per heavy atom. The Balaban J connectivity index is 1.28. The molecule has 4 aliphatic rings. The van der Waals surface area contributed by atoms with Crippen molar-refractivity contribution < 1.29 is 14.3 Å². The average Bonchev–Trinajstić information content (AvgIpc) is 3.49. The lowest BCUT2D eigenvalue weighted by Crippen LogP contribution is -2.50. The number of nitrogens with zero attached hydrogens (tertiary/aromatic N) is 3. The molecule has 6 heteroatoms. The van der Waals surface area contributed by atoms with Crippen LogP contribution in [0, 0.1) is 39.9 Å². The zero-order valence-electron chi connectivity index (χ0n) is 22.4. The summed E-state index contributed by atoms with van der Waals surface area (Å²) < 4.78 is 7.36. The van der Waals surface area contributed by atoms with Gasteiger partial charge in [0.2, 0.25) is 0 Å². The predicted molar refractivity (Wildman–Crippen MR) is 144 cm³/mol. The monoisotopic (exact) mass is 509 g/mol. The van der Waals surface area contributed by atoms with Crippen LogP contribution in [0.2, 0.25) is 0 Å². The maximum Gasteiger partial charge on any atom is 0.302 e. The van der Waals surface area contributed by atoms with Gasteiger partial charge in [-0.05, 0) is 96.9 Å². The van der Waals surface area contributed by atoms with E-state index in [0.717, 1.165) is 62.6 Å². The van der Waals surface area contributed by atoms with Crippen molar-refractivity contribution in [3.8, 4) is 11.8 Å². The predicted octanol–water partition coefficient (Wildman–Crippen LogP) is 6.44. The first kappa shape index (κ1) is 24.9. The molecule has 2 saturated carbocycles. The molecule has 2 fully saturated rings. The maximum absolute atomic E-state index is 12.2. The number of hydrogen-bond acceptors (Lipinski definition) is 5. The fraction of sp³-hybridized carbons (Fsp3) is 0.500. The SMILES string of the molecule is CC(=O)O[C@H]1CC[C@@]2(C)C(=CC[C@@H]3[C@@H]2CC[C@]2(C)C(c4nn(-c5ccc(C#N)cc5)cc4C=O)=CC[C@@H]32)C1. The van der Waals surface area contributed by atoms with E-state index in [1.165, 1.54) is 18.1 Å². The van der Waals surface area contributed by atoms with Crippen molar-refractivity contribution in [3.05, 3.63) is 65.0 Å². The number of ether oxygens (including phenoxy) is 1. The van der Waals surface area contributed by atoms with Crippen LogP contribution in [0.25, 0.3) is 11.3 Å². The minimum atomic E-state index is -0.179. The van der Waals surface area contributed by atoms with Crippen LogP contribution in [0.3, 0.4) is 0 Å². The summed E-state index contributed by atoms with van der Waals surface area (Å²) in [4.78, 5) is 23.7. The molecule has 0 saturated heterocycles. The number of aldehydes is 1. The fourth-order valence-corrected chi connectivity index (χ4v) is 8.40. The first-order valence-electron chi connectivity index (χ1n) is 13.9. The molecule has 1 aromatic heterocycles. The summed E-state index contributed by atoms with van der Waals surface area (Å²) in [7, 11) is 0. The molecule has 0 amide bonds. The summed E-state index contributed by atoms with van der Waals surface area (Å²) in [6.45, 7) is 6.35. The highest BCUT2D eigenvalue weighted by Gasteiger charge is 2.57. The van der Waals surface area contributed by atoms with Crippen LogP contribution in [-0.2, 0) is 9.53 Å². The summed E-state index contributed by atoms with van der Waals surface area (Å²) in [5, 5.41) is 14.0. The van der Waals surface area contributed by atoms with Gasteiger partial charge >= 0.3 is 5.97 Å². The van der Waals surface area contributed by atoms with Gasteiger partial charge in [-0.15, -0.1) is 0 Å². The van der Waals surface area contributed by atoms with Crippen molar-refractivity contribution in [2.45, 2.75) is 71.8 Å². The van der Waals surface area contributed by atoms with Gasteiger partial charge in [0.25, 0.3) is 0 Å². The fourth-order valence-electron chi connectivity index (χ4n) is 8.40. The molecule has 1 heterocycles. The molecule has 0 unspecified atom stereocenters. The van der Waals surface area contributed by atoms with Crippen molar-refractivity contribution in [1.29, 1.82) is 5.26 Å². The number of aromatic nitrogens is 2. The van der Waals surface area contributed by atoms with E-state index in [-0.39, 0.29) is 22.9 Å². The van der Waals surface area contributed by atoms with E-state index in [1.807, 2.05) is 18.3 Å². The average molecular weight is 510 g/mol. The Morgan fingerprint density at radius 3 is 2.58 bits per heavy atom. The van der Waals surface area contributed by atoms with Crippen molar-refractivity contribution in [2.24, 2.45) is 28.6 Å². The Labute approximate surface area is 224 Å². The van der Waals surface area contributed by atoms with Gasteiger partial charge < -0.3 is 4.74 Å². The molecule has 0 bridgehead atoms. The van der Waals surface area contributed by atoms with E-state index >= 15 is 0 Å². The van der Waals surface area contributed by atoms with Crippen LogP contribution >= 0.6 is 0 Å². The smallest absolute Gasteiger partial charge is 0.302 e. The van der Waals surface area contributed by atoms with Crippen LogP contribution in [-0.4, -0.2) is 28.1 Å². The number of carbonyl (C=O) groups is 2. The molecule has 4 aliphatic carbocycles. The minimum Gasteiger partial charge on any atom is -0.462 e. The molecule has 0 radical (unpaired) electrons. The maximum atomic E-state index is 12.2. The highest BCUT2D eigenvalue weighted by Crippen LogP contribution is 2.66. The van der Waals surface area contributed by atoms with E-state index in [2.05, 4.69) is 32.1 Å². The summed E-state index contributed by atoms with van der Waals surface area (Å²) in [6, 6.07) is 9.43. The van der Waals surface area contributed by atoms with E-state index < -0.39 is 0 Å². The summed E-state index contributed by atoms with van der Waals surface area (Å²) in [5.74, 6) is 1.58. The van der Waals surface area contributed by atoms with Gasteiger partial charge in [-0.3, -0.25) is 9.59 Å². The van der Waals surface area contributed by atoms with Crippen molar-refractivity contribution in [2.75, 3.05) is 0 Å². The third-order valence-electron chi connectivity index (χ3n) is 10.4. The summed E-state index contributed by atoms with van der Waals surface area (Å²) in [6.07, 6.45) is 14.8. The highest BCUT2D eigenvalue weighted by atomic mass is 16.5. The molecule has 0 N–H and O–H groups in total. The Morgan fingerprint density at radius 1 is 1.11 bits per heavy atom. The van der Waals surface area contributed by atoms with E-state index in [0.29, 0.717) is 28.9 Å². The molecule has 2 aromatic rings. The normalized spacial score (nSPS) is 33.6. The van der Waals surface area contributed by atoms with E-state index in [1.54, 1.807) is 16.8 Å². The molecular formula is C32H35N3O3. The molecule has 1 aromatic carbocycles. The topological polar surface area (TPSA) is 85.0 Å². The third-order valence-corrected chi connectivity index (χ3v) is 10.4. The van der Waals surface area contributed by atoms with E-state index in [4.69, 9.17) is 15.1 Å². The second-order valence-corrected chi connectivity index (χ2v) is 12.2. The molecule has 38 heavy (non-hydrogen) atoms. The number of hydrogen-bond donors (Lipinski definition) is 0. The number of benzene rings is 1. The summed E-state index contributed by atoms with van der Waals surface area (Å²) in [5.41, 5.74) is 5.72. The minimum absolute atomic E-state index is 0.0145. The van der Waals surface area contributed by atoms with Gasteiger partial charge in [0.05, 0.1) is 28.6 Å². The highest BCUT2D eigenvalue weighted by molar-refractivity contribution is 5.86. The Hall–Kier alpha value is -3.46. The van der Waals surface area contributed by atoms with Gasteiger partial charge in [0.1, 0.15) is 6.10 Å². The van der Waals surface area contributed by atoms with Crippen LogP contribution in [0.15, 0.2) is 48.2 Å². The van der Waals surface area contributed by atoms with Crippen molar-refractivity contribution >= 4 is 17.8 Å². The molecule has 0 aliphatic heterocycles. The molecule has 6 atom stereocenters. The van der Waals surface area contributed by atoms with Crippen LogP contribution in [0.4, 0.5) is 0 Å². The number of allylic oxidation sites excluding steroid dienone is 3. The quantitative estimate of drug-likeness (QED) is 0.269. The Kier molecular flexibility index (Phi) is 5.94. The first-order chi connectivity index (χ1) is 18.3. The number of rotatable bonds is 4. The van der Waals surface area contributed by atoms with Crippen LogP contribution in [0.1, 0.15) is 87.3 Å². The number of nitriles is 1. The third kappa shape index (κ3) is 3.78. The molecular weight excluding hydrogens is 474 g/mol. The first-order valence-corrected chi connectivity index (χ1v) is 13.9. The number of carbonyl (C=O) groups excluding carboxylic acids is 2. The lowest BCUT2D eigenvalue weighted by molar-refractivity contribution is -0.148. The molecule has 0 spiro atoms. The molecule has 6 nitrogen and oxygen atoms in total. The molecule has 196 valence electrons. The second-order valence-electron chi connectivity index (χ2n) is 12.2. The van der Waals surface area contributed by atoms with Gasteiger partial charge in [-0.1, -0.05) is 31.6 Å². The largest absolute Gasteiger partial charge is 0.462 e. The lowest BCUT2D eigenvalue weighted by Gasteiger charge is -2.57. The van der Waals surface area contributed by atoms with Crippen molar-refractivity contribution in [1.82, 2.24) is 9.78 Å². The number of fused-ring (bicyclic) bond motifs is 5. The second kappa shape index (κ2) is 9.08. The Bertz CT molecular complexity index is 1390. The van der Waals surface area contributed by atoms with Gasteiger partial charge in [-0.2, -0.15) is 10.4 Å². The zero-order valence-corrected chi connectivity index (χ0v) is 22.4. The lowest BCUT2D eigenvalue weighted by atomic mass is 9.47. The van der Waals surface area contributed by atoms with Crippen LogP contribution in [0.5, 0.6) is 0 Å². The zero-order chi connectivity index (χ0) is 26.7. The standard InChI is InChI=1S/C32H35N3O3/c1-20(37)38-25-12-14-31(2)23(16-25)6-9-26-27-10-11-29(32(27,3)15-13-28(26)31)30-22(19-36)18-35(34-30)24-7-4-21(17-33)5-8-24/h4-8,11,18-19,25-28H,9-10,12-16H2,1-3H3/t25-,26-,27-,28-,31-,32-/m0/s1.